The fraction of sp³-hybridized carbons (Fsp3) is 0.308. The van der Waals surface area contributed by atoms with Crippen molar-refractivity contribution < 1.29 is 18.7 Å². The average Bonchev–Trinajstić information content (AvgIpc) is 3.49. The monoisotopic (exact) mass is 460 g/mol. The van der Waals surface area contributed by atoms with Crippen molar-refractivity contribution in [1.29, 1.82) is 0 Å². The largest absolute Gasteiger partial charge is 0.487 e. The Kier molecular flexibility index (Phi) is 6.60. The van der Waals surface area contributed by atoms with Crippen LogP contribution in [0.3, 0.4) is 0 Å². The summed E-state index contributed by atoms with van der Waals surface area (Å²) in [5.74, 6) is 2.18. The highest BCUT2D eigenvalue weighted by Gasteiger charge is 2.26. The van der Waals surface area contributed by atoms with E-state index in [1.807, 2.05) is 66.2 Å². The van der Waals surface area contributed by atoms with Crippen molar-refractivity contribution in [3.8, 4) is 5.75 Å². The minimum absolute atomic E-state index is 0.0453. The number of imidazole rings is 1. The van der Waals surface area contributed by atoms with Gasteiger partial charge < -0.3 is 23.6 Å². The number of morpholine rings is 1. The second-order valence-electron chi connectivity index (χ2n) is 8.34. The molecule has 176 valence electrons. The number of ether oxygens (including phenoxy) is 2. The van der Waals surface area contributed by atoms with E-state index in [2.05, 4.69) is 15.2 Å². The summed E-state index contributed by atoms with van der Waals surface area (Å²) in [7, 11) is 0. The molecule has 34 heavy (non-hydrogen) atoms. The summed E-state index contributed by atoms with van der Waals surface area (Å²) in [4.78, 5) is 19.8. The summed E-state index contributed by atoms with van der Waals surface area (Å²) < 4.78 is 19.2. The van der Waals surface area contributed by atoms with Gasteiger partial charge in [-0.1, -0.05) is 12.1 Å². The molecule has 0 bridgehead atoms. The molecular weight excluding hydrogens is 432 g/mol. The van der Waals surface area contributed by atoms with Gasteiger partial charge in [-0.05, 0) is 49.4 Å². The first kappa shape index (κ1) is 22.2. The normalized spacial score (nSPS) is 15.3. The Morgan fingerprint density at radius 1 is 1.15 bits per heavy atom. The molecule has 0 spiro atoms. The topological polar surface area (TPSA) is 81.2 Å². The maximum Gasteiger partial charge on any atom is 0.251 e. The Hall–Kier alpha value is -3.62. The molecule has 5 rings (SSSR count). The highest BCUT2D eigenvalue weighted by molar-refractivity contribution is 5.94. The van der Waals surface area contributed by atoms with Gasteiger partial charge in [0.2, 0.25) is 0 Å². The van der Waals surface area contributed by atoms with Gasteiger partial charge in [-0.15, -0.1) is 0 Å². The molecule has 1 aromatic carbocycles. The first-order chi connectivity index (χ1) is 16.7. The van der Waals surface area contributed by atoms with Crippen LogP contribution in [0.2, 0.25) is 0 Å². The van der Waals surface area contributed by atoms with Crippen LogP contribution >= 0.6 is 0 Å². The van der Waals surface area contributed by atoms with Crippen LogP contribution in [0.4, 0.5) is 0 Å². The molecule has 8 nitrogen and oxygen atoms in total. The van der Waals surface area contributed by atoms with Crippen molar-refractivity contribution in [2.24, 2.45) is 0 Å². The first-order valence-corrected chi connectivity index (χ1v) is 11.5. The summed E-state index contributed by atoms with van der Waals surface area (Å²) >= 11 is 0. The van der Waals surface area contributed by atoms with Gasteiger partial charge in [0, 0.05) is 37.6 Å². The van der Waals surface area contributed by atoms with Crippen molar-refractivity contribution >= 4 is 11.6 Å². The number of pyridine rings is 1. The molecule has 1 saturated heterocycles. The number of carbonyl (C=O) groups is 1. The summed E-state index contributed by atoms with van der Waals surface area (Å²) in [6, 6.07) is 16.9. The first-order valence-electron chi connectivity index (χ1n) is 11.5. The molecule has 0 aliphatic carbocycles. The lowest BCUT2D eigenvalue weighted by Gasteiger charge is -2.33. The van der Waals surface area contributed by atoms with Crippen LogP contribution in [0.25, 0.3) is 5.65 Å². The third-order valence-electron chi connectivity index (χ3n) is 5.93. The molecule has 8 heteroatoms. The molecular formula is C26H28N4O4. The molecule has 0 saturated carbocycles. The number of benzene rings is 1. The lowest BCUT2D eigenvalue weighted by atomic mass is 10.1. The molecule has 4 heterocycles. The van der Waals surface area contributed by atoms with Gasteiger partial charge >= 0.3 is 0 Å². The van der Waals surface area contributed by atoms with Crippen molar-refractivity contribution in [3.63, 3.8) is 0 Å². The number of hydrogen-bond acceptors (Lipinski definition) is 6. The highest BCUT2D eigenvalue weighted by Crippen LogP contribution is 2.24. The van der Waals surface area contributed by atoms with E-state index in [-0.39, 0.29) is 11.9 Å². The quantitative estimate of drug-likeness (QED) is 0.433. The maximum absolute atomic E-state index is 13.0. The molecule has 1 unspecified atom stereocenters. The van der Waals surface area contributed by atoms with Crippen molar-refractivity contribution in [2.45, 2.75) is 19.6 Å². The number of fused-ring (bicyclic) bond motifs is 1. The van der Waals surface area contributed by atoms with E-state index in [1.54, 1.807) is 12.1 Å². The van der Waals surface area contributed by atoms with E-state index >= 15 is 0 Å². The molecule has 0 radical (unpaired) electrons. The van der Waals surface area contributed by atoms with E-state index in [1.165, 1.54) is 0 Å². The van der Waals surface area contributed by atoms with Crippen molar-refractivity contribution in [2.75, 3.05) is 32.8 Å². The van der Waals surface area contributed by atoms with Gasteiger partial charge in [-0.3, -0.25) is 9.69 Å². The van der Waals surface area contributed by atoms with Gasteiger partial charge in [0.25, 0.3) is 5.91 Å². The molecule has 3 aromatic heterocycles. The number of hydrogen-bond donors (Lipinski definition) is 1. The van der Waals surface area contributed by atoms with Gasteiger partial charge in [0.05, 0.1) is 24.9 Å². The van der Waals surface area contributed by atoms with Gasteiger partial charge in [0.1, 0.15) is 29.5 Å². The molecule has 1 aliphatic heterocycles. The SMILES string of the molecule is Cc1ccc(C(CNC(=O)c2cccc(OCc3cn4ccccc4n3)c2)N2CCOCC2)o1. The number of amides is 1. The van der Waals surface area contributed by atoms with Crippen LogP contribution in [0, 0.1) is 6.92 Å². The van der Waals surface area contributed by atoms with Crippen molar-refractivity contribution in [3.05, 3.63) is 89.8 Å². The van der Waals surface area contributed by atoms with Crippen molar-refractivity contribution in [1.82, 2.24) is 19.6 Å². The van der Waals surface area contributed by atoms with Crippen LogP contribution in [0.1, 0.15) is 33.6 Å². The number of nitrogens with zero attached hydrogens (tertiary/aromatic N) is 3. The number of furan rings is 1. The number of aryl methyl sites for hydroxylation is 1. The standard InChI is InChI=1S/C26H28N4O4/c1-19-8-9-24(34-19)23(29-11-13-32-14-12-29)16-27-26(31)20-5-4-6-22(15-20)33-18-21-17-30-10-3-2-7-25(30)28-21/h2-10,15,17,23H,11-14,16,18H2,1H3,(H,27,31). The fourth-order valence-electron chi connectivity index (χ4n) is 4.16. The Labute approximate surface area is 198 Å². The number of aromatic nitrogens is 2. The lowest BCUT2D eigenvalue weighted by Crippen LogP contribution is -2.43. The molecule has 1 amide bonds. The minimum atomic E-state index is -0.153. The minimum Gasteiger partial charge on any atom is -0.487 e. The number of rotatable bonds is 8. The van der Waals surface area contributed by atoms with Crippen LogP contribution < -0.4 is 10.1 Å². The summed E-state index contributed by atoms with van der Waals surface area (Å²) in [6.07, 6.45) is 3.89. The van der Waals surface area contributed by atoms with Gasteiger partial charge in [-0.25, -0.2) is 4.98 Å². The Balaban J connectivity index is 1.22. The zero-order valence-corrected chi connectivity index (χ0v) is 19.1. The maximum atomic E-state index is 13.0. The second-order valence-corrected chi connectivity index (χ2v) is 8.34. The molecule has 4 aromatic rings. The predicted octanol–water partition coefficient (Wildman–Crippen LogP) is 3.62. The summed E-state index contributed by atoms with van der Waals surface area (Å²) in [5.41, 5.74) is 2.24. The molecule has 1 fully saturated rings. The second kappa shape index (κ2) is 10.1. The summed E-state index contributed by atoms with van der Waals surface area (Å²) in [6.45, 7) is 5.64. The van der Waals surface area contributed by atoms with E-state index in [4.69, 9.17) is 13.9 Å². The van der Waals surface area contributed by atoms with E-state index < -0.39 is 0 Å². The molecule has 1 aliphatic rings. The van der Waals surface area contributed by atoms with Gasteiger partial charge in [-0.2, -0.15) is 0 Å². The highest BCUT2D eigenvalue weighted by atomic mass is 16.5. The van der Waals surface area contributed by atoms with E-state index in [9.17, 15) is 4.79 Å². The van der Waals surface area contributed by atoms with Crippen LogP contribution in [0.15, 0.2) is 71.4 Å². The lowest BCUT2D eigenvalue weighted by molar-refractivity contribution is 0.0117. The fourth-order valence-corrected chi connectivity index (χ4v) is 4.16. The predicted molar refractivity (Wildman–Crippen MR) is 127 cm³/mol. The van der Waals surface area contributed by atoms with Crippen LogP contribution in [0.5, 0.6) is 5.75 Å². The average molecular weight is 461 g/mol. The van der Waals surface area contributed by atoms with Crippen LogP contribution in [-0.4, -0.2) is 53.0 Å². The Morgan fingerprint density at radius 3 is 2.82 bits per heavy atom. The third kappa shape index (κ3) is 5.13. The van der Waals surface area contributed by atoms with E-state index in [0.717, 1.165) is 36.0 Å². The number of nitrogens with one attached hydrogen (secondary N) is 1. The van der Waals surface area contributed by atoms with Crippen LogP contribution in [-0.2, 0) is 11.3 Å². The zero-order valence-electron chi connectivity index (χ0n) is 19.1. The Morgan fingerprint density at radius 2 is 2.03 bits per heavy atom. The zero-order chi connectivity index (χ0) is 23.3. The van der Waals surface area contributed by atoms with E-state index in [0.29, 0.717) is 37.7 Å². The molecule has 1 atom stereocenters. The number of carbonyl (C=O) groups excluding carboxylic acids is 1. The third-order valence-corrected chi connectivity index (χ3v) is 5.93. The Bertz CT molecular complexity index is 1230. The molecule has 1 N–H and O–H groups in total. The summed E-state index contributed by atoms with van der Waals surface area (Å²) in [5, 5.41) is 3.07. The smallest absolute Gasteiger partial charge is 0.251 e. The van der Waals surface area contributed by atoms with Gasteiger partial charge in [0.15, 0.2) is 0 Å².